The summed E-state index contributed by atoms with van der Waals surface area (Å²) in [5, 5.41) is 5.85. The van der Waals surface area contributed by atoms with E-state index in [0.717, 1.165) is 43.3 Å². The van der Waals surface area contributed by atoms with Crippen molar-refractivity contribution in [1.29, 1.82) is 0 Å². The largest absolute Gasteiger partial charge is 0.369 e. The molecule has 4 rings (SSSR count). The molecule has 8 heteroatoms. The van der Waals surface area contributed by atoms with Crippen LogP contribution in [0.2, 0.25) is 5.02 Å². The maximum atomic E-state index is 12.5. The highest BCUT2D eigenvalue weighted by Crippen LogP contribution is 2.38. The van der Waals surface area contributed by atoms with Crippen molar-refractivity contribution >= 4 is 52.2 Å². The number of carbonyl (C=O) groups is 2. The Bertz CT molecular complexity index is 929. The van der Waals surface area contributed by atoms with E-state index in [4.69, 9.17) is 11.6 Å². The van der Waals surface area contributed by atoms with Crippen LogP contribution in [0.3, 0.4) is 0 Å². The summed E-state index contributed by atoms with van der Waals surface area (Å²) in [7, 11) is 0. The second-order valence-electron chi connectivity index (χ2n) is 7.46. The smallest absolute Gasteiger partial charge is 0.238 e. The van der Waals surface area contributed by atoms with Crippen LogP contribution in [0.25, 0.3) is 0 Å². The molecular formula is C22H25ClN4O2S. The van der Waals surface area contributed by atoms with Gasteiger partial charge in [-0.3, -0.25) is 9.59 Å². The van der Waals surface area contributed by atoms with Crippen LogP contribution < -0.4 is 15.5 Å². The van der Waals surface area contributed by atoms with Gasteiger partial charge in [0.2, 0.25) is 11.8 Å². The van der Waals surface area contributed by atoms with E-state index in [2.05, 4.69) is 27.4 Å². The zero-order chi connectivity index (χ0) is 21.1. The fourth-order valence-electron chi connectivity index (χ4n) is 3.72. The first-order chi connectivity index (χ1) is 14.5. The standard InChI is InChI=1S/C22H25ClN4O2S/c1-2-26-9-11-27(12-10-26)17-6-4-16(5-7-17)24-21(28)14-20-22(29)25-18-13-15(23)3-8-19(18)30-20/h3-8,13,20H,2,9-12,14H2,1H3,(H,24,28)(H,25,29)/t20-/m0/s1. The first-order valence-corrected chi connectivity index (χ1v) is 11.4. The van der Waals surface area contributed by atoms with Gasteiger partial charge in [0.15, 0.2) is 0 Å². The minimum atomic E-state index is -0.465. The Labute approximate surface area is 185 Å². The number of amides is 2. The van der Waals surface area contributed by atoms with Gasteiger partial charge in [-0.25, -0.2) is 0 Å². The molecule has 0 aromatic heterocycles. The molecule has 0 spiro atoms. The predicted octanol–water partition coefficient (Wildman–Crippen LogP) is 3.92. The van der Waals surface area contributed by atoms with Crippen molar-refractivity contribution in [2.24, 2.45) is 0 Å². The van der Waals surface area contributed by atoms with Crippen LogP contribution in [0.4, 0.5) is 17.1 Å². The molecule has 2 aromatic carbocycles. The molecule has 2 N–H and O–H groups in total. The second kappa shape index (κ2) is 9.29. The fraction of sp³-hybridized carbons (Fsp3) is 0.364. The Hall–Kier alpha value is -2.22. The van der Waals surface area contributed by atoms with Crippen molar-refractivity contribution in [2.45, 2.75) is 23.5 Å². The van der Waals surface area contributed by atoms with E-state index in [1.807, 2.05) is 30.3 Å². The van der Waals surface area contributed by atoms with Crippen LogP contribution in [0.5, 0.6) is 0 Å². The Morgan fingerprint density at radius 1 is 1.17 bits per heavy atom. The molecule has 1 saturated heterocycles. The molecule has 6 nitrogen and oxygen atoms in total. The van der Waals surface area contributed by atoms with Gasteiger partial charge in [-0.1, -0.05) is 18.5 Å². The monoisotopic (exact) mass is 444 g/mol. The van der Waals surface area contributed by atoms with Crippen LogP contribution in [0, 0.1) is 0 Å². The third-order valence-corrected chi connectivity index (χ3v) is 6.98. The van der Waals surface area contributed by atoms with Gasteiger partial charge in [0.05, 0.1) is 10.9 Å². The highest BCUT2D eigenvalue weighted by atomic mass is 35.5. The molecule has 30 heavy (non-hydrogen) atoms. The summed E-state index contributed by atoms with van der Waals surface area (Å²) >= 11 is 7.37. The summed E-state index contributed by atoms with van der Waals surface area (Å²) in [5.41, 5.74) is 2.61. The molecule has 2 aromatic rings. The summed E-state index contributed by atoms with van der Waals surface area (Å²) in [5.74, 6) is -0.351. The van der Waals surface area contributed by atoms with E-state index in [1.165, 1.54) is 17.4 Å². The van der Waals surface area contributed by atoms with Crippen LogP contribution in [-0.4, -0.2) is 54.7 Å². The van der Waals surface area contributed by atoms with E-state index in [1.54, 1.807) is 12.1 Å². The summed E-state index contributed by atoms with van der Waals surface area (Å²) in [4.78, 5) is 30.6. The lowest BCUT2D eigenvalue weighted by molar-refractivity contribution is -0.120. The maximum Gasteiger partial charge on any atom is 0.238 e. The van der Waals surface area contributed by atoms with Crippen LogP contribution in [-0.2, 0) is 9.59 Å². The van der Waals surface area contributed by atoms with E-state index in [-0.39, 0.29) is 18.2 Å². The van der Waals surface area contributed by atoms with Gasteiger partial charge in [0.25, 0.3) is 0 Å². The summed E-state index contributed by atoms with van der Waals surface area (Å²) in [6, 6.07) is 13.3. The Morgan fingerprint density at radius 2 is 1.90 bits per heavy atom. The second-order valence-corrected chi connectivity index (χ2v) is 9.14. The van der Waals surface area contributed by atoms with Crippen molar-refractivity contribution in [3.63, 3.8) is 0 Å². The average molecular weight is 445 g/mol. The predicted molar refractivity (Wildman–Crippen MR) is 124 cm³/mol. The molecule has 0 radical (unpaired) electrons. The molecule has 0 unspecified atom stereocenters. The number of likely N-dealkylation sites (N-methyl/N-ethyl adjacent to an activating group) is 1. The van der Waals surface area contributed by atoms with Crippen molar-refractivity contribution < 1.29 is 9.59 Å². The molecule has 0 bridgehead atoms. The van der Waals surface area contributed by atoms with E-state index in [9.17, 15) is 9.59 Å². The first kappa shape index (κ1) is 21.0. The third-order valence-electron chi connectivity index (χ3n) is 5.47. The Kier molecular flexibility index (Phi) is 6.51. The molecule has 1 fully saturated rings. The maximum absolute atomic E-state index is 12.5. The molecule has 158 valence electrons. The van der Waals surface area contributed by atoms with Gasteiger partial charge in [-0.2, -0.15) is 0 Å². The topological polar surface area (TPSA) is 64.7 Å². The highest BCUT2D eigenvalue weighted by molar-refractivity contribution is 8.01. The number of fused-ring (bicyclic) bond motifs is 1. The van der Waals surface area contributed by atoms with Gasteiger partial charge in [0.1, 0.15) is 0 Å². The zero-order valence-electron chi connectivity index (χ0n) is 16.9. The normalized spacial score (nSPS) is 19.2. The van der Waals surface area contributed by atoms with Crippen LogP contribution in [0.15, 0.2) is 47.4 Å². The number of halogens is 1. The van der Waals surface area contributed by atoms with Gasteiger partial charge >= 0.3 is 0 Å². The fourth-order valence-corrected chi connectivity index (χ4v) is 4.98. The lowest BCUT2D eigenvalue weighted by Crippen LogP contribution is -2.46. The minimum absolute atomic E-state index is 0.110. The summed E-state index contributed by atoms with van der Waals surface area (Å²) < 4.78 is 0. The highest BCUT2D eigenvalue weighted by Gasteiger charge is 2.29. The summed E-state index contributed by atoms with van der Waals surface area (Å²) in [6.07, 6.45) is 0.110. The molecule has 2 heterocycles. The molecule has 0 saturated carbocycles. The molecular weight excluding hydrogens is 420 g/mol. The van der Waals surface area contributed by atoms with Gasteiger partial charge < -0.3 is 20.4 Å². The van der Waals surface area contributed by atoms with Gasteiger partial charge in [-0.15, -0.1) is 11.8 Å². The first-order valence-electron chi connectivity index (χ1n) is 10.2. The Balaban J connectivity index is 1.32. The number of thioether (sulfide) groups is 1. The number of anilines is 3. The van der Waals surface area contributed by atoms with Crippen molar-refractivity contribution in [2.75, 3.05) is 48.3 Å². The molecule has 1 atom stereocenters. The number of hydrogen-bond donors (Lipinski definition) is 2. The lowest BCUT2D eigenvalue weighted by atomic mass is 10.2. The number of hydrogen-bond acceptors (Lipinski definition) is 5. The molecule has 0 aliphatic carbocycles. The van der Waals surface area contributed by atoms with Crippen molar-refractivity contribution in [3.05, 3.63) is 47.5 Å². The number of nitrogens with zero attached hydrogens (tertiary/aromatic N) is 2. The average Bonchev–Trinajstić information content (AvgIpc) is 2.75. The quantitative estimate of drug-likeness (QED) is 0.731. The van der Waals surface area contributed by atoms with Crippen LogP contribution in [0.1, 0.15) is 13.3 Å². The lowest BCUT2D eigenvalue weighted by Gasteiger charge is -2.35. The Morgan fingerprint density at radius 3 is 2.60 bits per heavy atom. The summed E-state index contributed by atoms with van der Waals surface area (Å²) in [6.45, 7) is 7.46. The molecule has 2 aliphatic heterocycles. The molecule has 2 aliphatic rings. The van der Waals surface area contributed by atoms with E-state index < -0.39 is 5.25 Å². The van der Waals surface area contributed by atoms with Gasteiger partial charge in [-0.05, 0) is 49.0 Å². The number of benzene rings is 2. The van der Waals surface area contributed by atoms with Gasteiger partial charge in [0, 0.05) is 53.9 Å². The van der Waals surface area contributed by atoms with E-state index in [0.29, 0.717) is 10.7 Å². The van der Waals surface area contributed by atoms with Crippen LogP contribution >= 0.6 is 23.4 Å². The molecule has 2 amide bonds. The van der Waals surface area contributed by atoms with Crippen molar-refractivity contribution in [3.8, 4) is 0 Å². The number of piperazine rings is 1. The third kappa shape index (κ3) is 4.91. The number of carbonyl (C=O) groups excluding carboxylic acids is 2. The minimum Gasteiger partial charge on any atom is -0.369 e. The zero-order valence-corrected chi connectivity index (χ0v) is 18.4. The van der Waals surface area contributed by atoms with E-state index >= 15 is 0 Å². The SMILES string of the molecule is CCN1CCN(c2ccc(NC(=O)C[C@@H]3Sc4ccc(Cl)cc4NC3=O)cc2)CC1. The number of nitrogens with one attached hydrogen (secondary N) is 2. The van der Waals surface area contributed by atoms with Crippen molar-refractivity contribution in [1.82, 2.24) is 4.90 Å². The number of rotatable bonds is 5.